The van der Waals surface area contributed by atoms with Crippen LogP contribution < -0.4 is 10.6 Å². The van der Waals surface area contributed by atoms with E-state index >= 15 is 0 Å². The highest BCUT2D eigenvalue weighted by molar-refractivity contribution is 5.51. The Morgan fingerprint density at radius 2 is 2.20 bits per heavy atom. The van der Waals surface area contributed by atoms with Gasteiger partial charge in [0.05, 0.1) is 11.3 Å². The van der Waals surface area contributed by atoms with Crippen molar-refractivity contribution in [2.45, 2.75) is 51.7 Å². The van der Waals surface area contributed by atoms with Crippen molar-refractivity contribution >= 4 is 5.82 Å². The summed E-state index contributed by atoms with van der Waals surface area (Å²) in [5, 5.41) is 4.59. The molecule has 0 aliphatic carbocycles. The molecular formula is C15H28N4O. The van der Waals surface area contributed by atoms with Crippen LogP contribution in [0.4, 0.5) is 5.82 Å². The number of methoxy groups -OCH3 is 1. The Morgan fingerprint density at radius 3 is 2.80 bits per heavy atom. The molecule has 1 aliphatic rings. The van der Waals surface area contributed by atoms with Crippen molar-refractivity contribution in [2.24, 2.45) is 12.8 Å². The number of piperidine rings is 1. The molecule has 0 radical (unpaired) electrons. The highest BCUT2D eigenvalue weighted by Crippen LogP contribution is 2.31. The molecule has 2 unspecified atom stereocenters. The van der Waals surface area contributed by atoms with E-state index in [-0.39, 0.29) is 11.6 Å². The van der Waals surface area contributed by atoms with Crippen LogP contribution in [0.5, 0.6) is 0 Å². The van der Waals surface area contributed by atoms with Gasteiger partial charge in [-0.15, -0.1) is 0 Å². The van der Waals surface area contributed by atoms with E-state index in [0.717, 1.165) is 38.0 Å². The number of hydrogen-bond acceptors (Lipinski definition) is 4. The van der Waals surface area contributed by atoms with Crippen LogP contribution in [-0.4, -0.2) is 41.6 Å². The minimum atomic E-state index is -0.0674. The fourth-order valence-corrected chi connectivity index (χ4v) is 3.20. The first-order valence-corrected chi connectivity index (χ1v) is 7.44. The highest BCUT2D eigenvalue weighted by Gasteiger charge is 2.33. The van der Waals surface area contributed by atoms with Crippen LogP contribution in [0, 0.1) is 6.92 Å². The summed E-state index contributed by atoms with van der Waals surface area (Å²) in [6.45, 7) is 8.28. The van der Waals surface area contributed by atoms with Gasteiger partial charge in [-0.25, -0.2) is 0 Å². The minimum absolute atomic E-state index is 0.0674. The standard InChI is InChI=1S/C15H28N4O/c1-11(16)9-13-12(2)17-18(4)14(13)19-8-6-7-15(3,10-19)20-5/h11H,6-10,16H2,1-5H3. The molecule has 0 aromatic carbocycles. The predicted molar refractivity (Wildman–Crippen MR) is 82.2 cm³/mol. The van der Waals surface area contributed by atoms with Crippen molar-refractivity contribution in [3.8, 4) is 0 Å². The van der Waals surface area contributed by atoms with Gasteiger partial charge in [-0.2, -0.15) is 5.10 Å². The quantitative estimate of drug-likeness (QED) is 0.910. The van der Waals surface area contributed by atoms with Crippen LogP contribution in [-0.2, 0) is 18.2 Å². The molecule has 2 N–H and O–H groups in total. The van der Waals surface area contributed by atoms with Gasteiger partial charge < -0.3 is 15.4 Å². The molecule has 0 spiro atoms. The maximum Gasteiger partial charge on any atom is 0.130 e. The van der Waals surface area contributed by atoms with Gasteiger partial charge in [0.2, 0.25) is 0 Å². The zero-order valence-electron chi connectivity index (χ0n) is 13.4. The van der Waals surface area contributed by atoms with Crippen LogP contribution in [0.3, 0.4) is 0 Å². The largest absolute Gasteiger partial charge is 0.377 e. The maximum absolute atomic E-state index is 6.00. The molecule has 1 aromatic heterocycles. The zero-order valence-corrected chi connectivity index (χ0v) is 13.4. The van der Waals surface area contributed by atoms with Crippen molar-refractivity contribution < 1.29 is 4.74 Å². The lowest BCUT2D eigenvalue weighted by atomic mass is 9.94. The van der Waals surface area contributed by atoms with E-state index < -0.39 is 0 Å². The van der Waals surface area contributed by atoms with Crippen molar-refractivity contribution in [3.63, 3.8) is 0 Å². The lowest BCUT2D eigenvalue weighted by Crippen LogP contribution is -2.48. The summed E-state index contributed by atoms with van der Waals surface area (Å²) >= 11 is 0. The monoisotopic (exact) mass is 280 g/mol. The SMILES string of the molecule is COC1(C)CCCN(c2c(CC(C)N)c(C)nn2C)C1. The number of nitrogens with two attached hydrogens (primary N) is 1. The molecule has 114 valence electrons. The van der Waals surface area contributed by atoms with Gasteiger partial charge in [-0.05, 0) is 40.0 Å². The Labute approximate surface area is 122 Å². The van der Waals surface area contributed by atoms with E-state index in [2.05, 4.69) is 23.8 Å². The molecule has 20 heavy (non-hydrogen) atoms. The molecule has 5 heteroatoms. The molecule has 1 fully saturated rings. The number of hydrogen-bond donors (Lipinski definition) is 1. The van der Waals surface area contributed by atoms with Gasteiger partial charge in [0.15, 0.2) is 0 Å². The molecule has 1 aromatic rings. The Morgan fingerprint density at radius 1 is 1.50 bits per heavy atom. The minimum Gasteiger partial charge on any atom is -0.377 e. The third kappa shape index (κ3) is 2.99. The summed E-state index contributed by atoms with van der Waals surface area (Å²) in [5.74, 6) is 1.21. The molecule has 5 nitrogen and oxygen atoms in total. The molecule has 2 atom stereocenters. The van der Waals surface area contributed by atoms with Crippen LogP contribution in [0.1, 0.15) is 37.9 Å². The summed E-state index contributed by atoms with van der Waals surface area (Å²) in [6, 6.07) is 0.148. The first-order valence-electron chi connectivity index (χ1n) is 7.44. The number of rotatable bonds is 4. The molecule has 1 saturated heterocycles. The normalized spacial score (nSPS) is 25.0. The van der Waals surface area contributed by atoms with Gasteiger partial charge >= 0.3 is 0 Å². The van der Waals surface area contributed by atoms with Gasteiger partial charge in [-0.1, -0.05) is 0 Å². The topological polar surface area (TPSA) is 56.3 Å². The van der Waals surface area contributed by atoms with Crippen LogP contribution in [0.2, 0.25) is 0 Å². The van der Waals surface area contributed by atoms with Gasteiger partial charge in [0, 0.05) is 38.9 Å². The lowest BCUT2D eigenvalue weighted by molar-refractivity contribution is -0.00497. The number of aryl methyl sites for hydroxylation is 2. The molecule has 1 aliphatic heterocycles. The van der Waals surface area contributed by atoms with Crippen molar-refractivity contribution in [1.29, 1.82) is 0 Å². The van der Waals surface area contributed by atoms with Crippen LogP contribution >= 0.6 is 0 Å². The second kappa shape index (κ2) is 5.74. The van der Waals surface area contributed by atoms with E-state index in [9.17, 15) is 0 Å². The van der Waals surface area contributed by atoms with Crippen LogP contribution in [0.25, 0.3) is 0 Å². The van der Waals surface area contributed by atoms with Crippen LogP contribution in [0.15, 0.2) is 0 Å². The molecule has 2 heterocycles. The van der Waals surface area contributed by atoms with E-state index in [4.69, 9.17) is 10.5 Å². The number of anilines is 1. The Hall–Kier alpha value is -1.07. The molecule has 2 rings (SSSR count). The third-order valence-corrected chi connectivity index (χ3v) is 4.29. The molecular weight excluding hydrogens is 252 g/mol. The van der Waals surface area contributed by atoms with Gasteiger partial charge in [-0.3, -0.25) is 4.68 Å². The number of nitrogens with zero attached hydrogens (tertiary/aromatic N) is 3. The fourth-order valence-electron chi connectivity index (χ4n) is 3.20. The summed E-state index contributed by atoms with van der Waals surface area (Å²) in [7, 11) is 3.83. The first kappa shape index (κ1) is 15.3. The average Bonchev–Trinajstić information content (AvgIpc) is 2.64. The van der Waals surface area contributed by atoms with Crippen molar-refractivity contribution in [2.75, 3.05) is 25.1 Å². The maximum atomic E-state index is 6.00. The first-order chi connectivity index (χ1) is 9.36. The van der Waals surface area contributed by atoms with E-state index in [0.29, 0.717) is 0 Å². The summed E-state index contributed by atoms with van der Waals surface area (Å²) in [4.78, 5) is 2.41. The average molecular weight is 280 g/mol. The summed E-state index contributed by atoms with van der Waals surface area (Å²) < 4.78 is 7.70. The van der Waals surface area contributed by atoms with E-state index in [1.54, 1.807) is 7.11 Å². The van der Waals surface area contributed by atoms with E-state index in [1.165, 1.54) is 11.4 Å². The third-order valence-electron chi connectivity index (χ3n) is 4.29. The fraction of sp³-hybridized carbons (Fsp3) is 0.800. The predicted octanol–water partition coefficient (Wildman–Crippen LogP) is 1.62. The molecule has 0 amide bonds. The second-order valence-electron chi connectivity index (χ2n) is 6.37. The second-order valence-corrected chi connectivity index (χ2v) is 6.37. The lowest BCUT2D eigenvalue weighted by Gasteiger charge is -2.40. The zero-order chi connectivity index (χ0) is 14.9. The summed E-state index contributed by atoms with van der Waals surface area (Å²) in [6.07, 6.45) is 3.13. The van der Waals surface area contributed by atoms with E-state index in [1.807, 2.05) is 18.7 Å². The molecule has 0 bridgehead atoms. The highest BCUT2D eigenvalue weighted by atomic mass is 16.5. The Balaban J connectivity index is 2.32. The van der Waals surface area contributed by atoms with Gasteiger partial charge in [0.25, 0.3) is 0 Å². The number of ether oxygens (including phenoxy) is 1. The van der Waals surface area contributed by atoms with Crippen molar-refractivity contribution in [1.82, 2.24) is 9.78 Å². The summed E-state index contributed by atoms with van der Waals surface area (Å²) in [5.41, 5.74) is 8.30. The smallest absolute Gasteiger partial charge is 0.130 e. The Bertz CT molecular complexity index is 469. The molecule has 0 saturated carbocycles. The van der Waals surface area contributed by atoms with Gasteiger partial charge in [0.1, 0.15) is 5.82 Å². The number of aromatic nitrogens is 2. The Kier molecular flexibility index (Phi) is 4.39. The van der Waals surface area contributed by atoms with Crippen molar-refractivity contribution in [3.05, 3.63) is 11.3 Å².